The fraction of sp³-hybridized carbons (Fsp3) is 0.521. The standard InChI is InChI=1S/C48H65N7O11/c1-49-30-38-27-39-35-65-24-22-63-20-18-55(41-6-4-3-5-7-41)19-21-64-23-25-66-36-40(39)28-42(38)43-26-37(8-9-44(43)49)29-50(2)45(56)31-51-10-12-52(32-46(57)58)14-16-54(34-48(61)62)17-15-53(13-11-51)33-47(59)60/h3-9,26-28,30H,10-25,29,31-36H2,1-2H3,(H2-,57,58,59,60,61,62)/p+1. The topological polar surface area (TPSA) is 189 Å². The molecule has 1 fully saturated rings. The van der Waals surface area contributed by atoms with Gasteiger partial charge in [-0.15, -0.1) is 0 Å². The van der Waals surface area contributed by atoms with Crippen LogP contribution in [0.15, 0.2) is 66.9 Å². The first-order valence-electron chi connectivity index (χ1n) is 22.7. The molecule has 3 N–H and O–H groups in total. The minimum absolute atomic E-state index is 0.0481. The minimum Gasteiger partial charge on any atom is -0.480 e. The first-order valence-corrected chi connectivity index (χ1v) is 22.7. The molecule has 1 amide bonds. The highest BCUT2D eigenvalue weighted by Crippen LogP contribution is 2.28. The first kappa shape index (κ1) is 50.1. The lowest BCUT2D eigenvalue weighted by atomic mass is 9.98. The molecule has 0 bridgehead atoms. The number of carbonyl (C=O) groups is 4. The molecule has 1 saturated heterocycles. The van der Waals surface area contributed by atoms with Crippen LogP contribution in [-0.4, -0.2) is 202 Å². The van der Waals surface area contributed by atoms with Crippen LogP contribution in [-0.2, 0) is 64.9 Å². The highest BCUT2D eigenvalue weighted by Gasteiger charge is 2.23. The molecule has 0 atom stereocenters. The second-order valence-corrected chi connectivity index (χ2v) is 17.0. The number of amides is 1. The van der Waals surface area contributed by atoms with Gasteiger partial charge in [-0.1, -0.05) is 24.3 Å². The molecule has 358 valence electrons. The van der Waals surface area contributed by atoms with Gasteiger partial charge in [0.1, 0.15) is 7.05 Å². The Hall–Kier alpha value is -5.31. The summed E-state index contributed by atoms with van der Waals surface area (Å²) >= 11 is 0. The number of benzene rings is 3. The molecule has 4 aromatic rings. The van der Waals surface area contributed by atoms with E-state index in [0.29, 0.717) is 112 Å². The minimum atomic E-state index is -1.01. The molecule has 18 nitrogen and oxygen atoms in total. The number of aryl methyl sites for hydroxylation is 1. The number of para-hydroxylation sites is 1. The first-order chi connectivity index (χ1) is 31.9. The zero-order valence-electron chi connectivity index (χ0n) is 38.4. The van der Waals surface area contributed by atoms with Crippen LogP contribution in [0.25, 0.3) is 21.7 Å². The van der Waals surface area contributed by atoms with E-state index < -0.39 is 17.9 Å². The van der Waals surface area contributed by atoms with E-state index in [9.17, 15) is 34.5 Å². The second kappa shape index (κ2) is 25.6. The van der Waals surface area contributed by atoms with Crippen molar-refractivity contribution in [2.24, 2.45) is 7.05 Å². The van der Waals surface area contributed by atoms with Crippen molar-refractivity contribution in [3.05, 3.63) is 83.6 Å². The Balaban J connectivity index is 1.15. The summed E-state index contributed by atoms with van der Waals surface area (Å²) in [6.07, 6.45) is 2.12. The average molecular weight is 917 g/mol. The smallest absolute Gasteiger partial charge is 0.317 e. The van der Waals surface area contributed by atoms with Gasteiger partial charge in [0.15, 0.2) is 6.20 Å². The summed E-state index contributed by atoms with van der Waals surface area (Å²) in [5, 5.41) is 31.8. The fourth-order valence-electron chi connectivity index (χ4n) is 8.42. The second-order valence-electron chi connectivity index (χ2n) is 17.0. The number of pyridine rings is 1. The number of aromatic nitrogens is 1. The Morgan fingerprint density at radius 2 is 1.06 bits per heavy atom. The van der Waals surface area contributed by atoms with Crippen LogP contribution in [0.3, 0.4) is 0 Å². The van der Waals surface area contributed by atoms with E-state index >= 15 is 0 Å². The van der Waals surface area contributed by atoms with Crippen molar-refractivity contribution in [3.8, 4) is 0 Å². The Bertz CT molecular complexity index is 2200. The van der Waals surface area contributed by atoms with Crippen LogP contribution in [0, 0.1) is 0 Å². The summed E-state index contributed by atoms with van der Waals surface area (Å²) in [4.78, 5) is 60.1. The van der Waals surface area contributed by atoms with Gasteiger partial charge in [-0.2, -0.15) is 0 Å². The van der Waals surface area contributed by atoms with Crippen LogP contribution in [0.1, 0.15) is 16.7 Å². The number of hydrogen-bond donors (Lipinski definition) is 3. The number of hydrogen-bond acceptors (Lipinski definition) is 13. The molecule has 18 heteroatoms. The number of carboxylic acids is 3. The lowest BCUT2D eigenvalue weighted by molar-refractivity contribution is -0.643. The number of ether oxygens (including phenoxy) is 4. The Kier molecular flexibility index (Phi) is 19.4. The predicted octanol–water partition coefficient (Wildman–Crippen LogP) is 1.84. The van der Waals surface area contributed by atoms with Gasteiger partial charge in [0.2, 0.25) is 11.4 Å². The van der Waals surface area contributed by atoms with Gasteiger partial charge in [-0.3, -0.25) is 38.8 Å². The lowest BCUT2D eigenvalue weighted by Gasteiger charge is -2.33. The maximum atomic E-state index is 13.9. The molecule has 0 saturated carbocycles. The highest BCUT2D eigenvalue weighted by atomic mass is 16.5. The van der Waals surface area contributed by atoms with Gasteiger partial charge in [0, 0.05) is 102 Å². The van der Waals surface area contributed by atoms with E-state index in [4.69, 9.17) is 18.9 Å². The molecular weight excluding hydrogens is 851 g/mol. The van der Waals surface area contributed by atoms with E-state index in [2.05, 4.69) is 52.1 Å². The molecule has 6 rings (SSSR count). The third-order valence-corrected chi connectivity index (χ3v) is 12.0. The zero-order chi connectivity index (χ0) is 46.8. The number of carbonyl (C=O) groups excluding carboxylic acids is 1. The third-order valence-electron chi connectivity index (χ3n) is 12.0. The van der Waals surface area contributed by atoms with E-state index in [-0.39, 0.29) is 32.1 Å². The van der Waals surface area contributed by atoms with Gasteiger partial charge in [0.05, 0.1) is 84.4 Å². The van der Waals surface area contributed by atoms with Crippen molar-refractivity contribution in [2.75, 3.05) is 143 Å². The van der Waals surface area contributed by atoms with Crippen molar-refractivity contribution < 1.29 is 58.0 Å². The molecule has 0 radical (unpaired) electrons. The molecule has 2 aliphatic heterocycles. The quantitative estimate of drug-likeness (QED) is 0.146. The molecule has 66 heavy (non-hydrogen) atoms. The van der Waals surface area contributed by atoms with Gasteiger partial charge in [-0.25, -0.2) is 4.57 Å². The van der Waals surface area contributed by atoms with Crippen LogP contribution in [0.5, 0.6) is 0 Å². The van der Waals surface area contributed by atoms with E-state index in [1.165, 1.54) is 0 Å². The van der Waals surface area contributed by atoms with Crippen molar-refractivity contribution in [2.45, 2.75) is 19.8 Å². The average Bonchev–Trinajstić information content (AvgIpc) is 3.28. The zero-order valence-corrected chi connectivity index (χ0v) is 38.4. The van der Waals surface area contributed by atoms with E-state index in [1.807, 2.05) is 36.2 Å². The monoisotopic (exact) mass is 916 g/mol. The molecule has 2 aliphatic rings. The van der Waals surface area contributed by atoms with Crippen LogP contribution >= 0.6 is 0 Å². The van der Waals surface area contributed by atoms with Crippen molar-refractivity contribution in [1.82, 2.24) is 24.5 Å². The van der Waals surface area contributed by atoms with Gasteiger partial charge in [-0.05, 0) is 47.0 Å². The lowest BCUT2D eigenvalue weighted by Crippen LogP contribution is -2.49. The molecule has 1 aromatic heterocycles. The number of nitrogens with zero attached hydrogens (tertiary/aromatic N) is 7. The van der Waals surface area contributed by atoms with Gasteiger partial charge >= 0.3 is 17.9 Å². The summed E-state index contributed by atoms with van der Waals surface area (Å²) in [7, 11) is 3.78. The predicted molar refractivity (Wildman–Crippen MR) is 247 cm³/mol. The SMILES string of the molecule is CN(Cc1ccc2c(c1)c1cc3c(cc1c[n+]2C)COCCOCCN(c1ccccc1)CCOCCOC3)C(=O)CN1CCN(CC(=O)O)CCN(CC(=O)O)CCN(CC(=O)O)CC1. The Labute approximate surface area is 386 Å². The molecule has 0 unspecified atom stereocenters. The number of aliphatic carboxylic acids is 3. The highest BCUT2D eigenvalue weighted by molar-refractivity contribution is 6.04. The molecule has 3 heterocycles. The summed E-state index contributed by atoms with van der Waals surface area (Å²) < 4.78 is 26.4. The summed E-state index contributed by atoms with van der Waals surface area (Å²) in [5.41, 5.74) is 5.14. The van der Waals surface area contributed by atoms with E-state index in [0.717, 1.165) is 57.1 Å². The van der Waals surface area contributed by atoms with Crippen molar-refractivity contribution >= 4 is 51.2 Å². The number of likely N-dealkylation sites (N-methyl/N-ethyl adjacent to an activating group) is 1. The van der Waals surface area contributed by atoms with Gasteiger partial charge in [0.25, 0.3) is 0 Å². The van der Waals surface area contributed by atoms with Crippen LogP contribution in [0.4, 0.5) is 5.69 Å². The van der Waals surface area contributed by atoms with E-state index in [1.54, 1.807) is 26.6 Å². The molecule has 0 aliphatic carbocycles. The normalized spacial score (nSPS) is 18.2. The number of carboxylic acid groups (broad SMARTS) is 3. The summed E-state index contributed by atoms with van der Waals surface area (Å²) in [5.74, 6) is -3.16. The maximum absolute atomic E-state index is 13.9. The summed E-state index contributed by atoms with van der Waals surface area (Å²) in [6.45, 7) is 7.48. The Morgan fingerprint density at radius 1 is 0.576 bits per heavy atom. The summed E-state index contributed by atoms with van der Waals surface area (Å²) in [6, 6.07) is 20.8. The van der Waals surface area contributed by atoms with Crippen LogP contribution in [0.2, 0.25) is 0 Å². The molecule has 3 aromatic carbocycles. The molecule has 0 spiro atoms. The van der Waals surface area contributed by atoms with Crippen LogP contribution < -0.4 is 9.47 Å². The Morgan fingerprint density at radius 3 is 1.58 bits per heavy atom. The maximum Gasteiger partial charge on any atom is 0.317 e. The van der Waals surface area contributed by atoms with Crippen molar-refractivity contribution in [1.29, 1.82) is 0 Å². The number of anilines is 1. The molecular formula is C48H66N7O11+. The third kappa shape index (κ3) is 15.7. The van der Waals surface area contributed by atoms with Gasteiger partial charge < -0.3 is 44.1 Å². The fourth-order valence-corrected chi connectivity index (χ4v) is 8.42. The number of rotatable bonds is 11. The largest absolute Gasteiger partial charge is 0.480 e. The van der Waals surface area contributed by atoms with Crippen molar-refractivity contribution in [3.63, 3.8) is 0 Å². The number of fused-ring (bicyclic) bond motifs is 4.